The first kappa shape index (κ1) is 13.3. The maximum Gasteiger partial charge on any atom is 0.336 e. The first-order valence-corrected chi connectivity index (χ1v) is 2.70. The molecule has 0 aliphatic carbocycles. The molecule has 0 spiro atoms. The summed E-state index contributed by atoms with van der Waals surface area (Å²) in [6, 6.07) is 0. The molecule has 0 aromatic carbocycles. The summed E-state index contributed by atoms with van der Waals surface area (Å²) in [5.74, 6) is -0.472. The number of rotatable bonds is 2. The monoisotopic (exact) mass is 169 g/mol. The zero-order valence-corrected chi connectivity index (χ0v) is 9.67. The van der Waals surface area contributed by atoms with Gasteiger partial charge in [-0.25, -0.2) is 4.79 Å². The fourth-order valence-electron chi connectivity index (χ4n) is 0.298. The van der Waals surface area contributed by atoms with Gasteiger partial charge in [0.05, 0.1) is 18.4 Å². The molecule has 0 atom stereocenters. The molecule has 0 aliphatic rings. The fraction of sp³-hybridized carbons (Fsp3) is 0.500. The van der Waals surface area contributed by atoms with Gasteiger partial charge in [0.15, 0.2) is 0 Å². The molecular formula is C6H10KO3. The molecule has 10 heavy (non-hydrogen) atoms. The summed E-state index contributed by atoms with van der Waals surface area (Å²) >= 11 is 0. The minimum Gasteiger partial charge on any atom is -0.515 e. The Kier molecular flexibility index (Phi) is 10.3. The molecule has 0 aromatic rings. The summed E-state index contributed by atoms with van der Waals surface area (Å²) in [6.07, 6.45) is 0.734. The molecule has 4 heteroatoms. The summed E-state index contributed by atoms with van der Waals surface area (Å²) in [6.45, 7) is 3.53. The smallest absolute Gasteiger partial charge is 0.336 e. The van der Waals surface area contributed by atoms with E-state index in [1.807, 2.05) is 0 Å². The Hall–Kier alpha value is 0.646. The van der Waals surface area contributed by atoms with Crippen molar-refractivity contribution in [2.45, 2.75) is 13.8 Å². The fourth-order valence-corrected chi connectivity index (χ4v) is 0.298. The molecule has 0 aliphatic heterocycles. The molecule has 53 valence electrons. The van der Waals surface area contributed by atoms with E-state index in [-0.39, 0.29) is 57.0 Å². The molecule has 3 nitrogen and oxygen atoms in total. The Morgan fingerprint density at radius 2 is 2.20 bits per heavy atom. The van der Waals surface area contributed by atoms with Gasteiger partial charge >= 0.3 is 5.97 Å². The van der Waals surface area contributed by atoms with Gasteiger partial charge in [0.25, 0.3) is 0 Å². The first-order chi connectivity index (χ1) is 4.22. The van der Waals surface area contributed by atoms with Gasteiger partial charge < -0.3 is 9.84 Å². The molecule has 0 heterocycles. The first-order valence-electron chi connectivity index (χ1n) is 2.70. The number of carbonyl (C=O) groups is 1. The quantitative estimate of drug-likeness (QED) is 0.285. The molecule has 0 unspecified atom stereocenters. The van der Waals surface area contributed by atoms with Crippen molar-refractivity contribution in [1.82, 2.24) is 0 Å². The van der Waals surface area contributed by atoms with Gasteiger partial charge in [0.1, 0.15) is 0 Å². The van der Waals surface area contributed by atoms with Crippen LogP contribution in [-0.2, 0) is 9.53 Å². The molecule has 0 fully saturated rings. The zero-order chi connectivity index (χ0) is 7.28. The minimum atomic E-state index is -0.472. The van der Waals surface area contributed by atoms with E-state index in [4.69, 9.17) is 5.11 Å². The van der Waals surface area contributed by atoms with E-state index in [0.29, 0.717) is 6.61 Å². The van der Waals surface area contributed by atoms with E-state index >= 15 is 0 Å². The van der Waals surface area contributed by atoms with E-state index in [1.54, 1.807) is 6.92 Å². The van der Waals surface area contributed by atoms with E-state index < -0.39 is 5.97 Å². The molecule has 0 bridgehead atoms. The molecule has 1 radical (unpaired) electrons. The van der Waals surface area contributed by atoms with Crippen LogP contribution in [0, 0.1) is 0 Å². The molecular weight excluding hydrogens is 159 g/mol. The standard InChI is InChI=1S/C6H10O3.K/c1-3-9-6(8)5(2)4-7;/h4,7H,3H2,1-2H3;. The second-order valence-corrected chi connectivity index (χ2v) is 1.53. The normalized spacial score (nSPS) is 10.0. The van der Waals surface area contributed by atoms with Gasteiger partial charge in [-0.3, -0.25) is 0 Å². The number of aliphatic hydroxyl groups excluding tert-OH is 1. The molecule has 0 saturated heterocycles. The summed E-state index contributed by atoms with van der Waals surface area (Å²) in [4.78, 5) is 10.5. The summed E-state index contributed by atoms with van der Waals surface area (Å²) in [7, 11) is 0. The van der Waals surface area contributed by atoms with Gasteiger partial charge in [0, 0.05) is 51.4 Å². The average Bonchev–Trinajstić information content (AvgIpc) is 1.87. The second-order valence-electron chi connectivity index (χ2n) is 1.53. The van der Waals surface area contributed by atoms with Crippen LogP contribution < -0.4 is 0 Å². The van der Waals surface area contributed by atoms with Crippen molar-refractivity contribution in [3.8, 4) is 0 Å². The van der Waals surface area contributed by atoms with Gasteiger partial charge in [0.2, 0.25) is 0 Å². The van der Waals surface area contributed by atoms with Crippen molar-refractivity contribution in [2.24, 2.45) is 0 Å². The Balaban J connectivity index is 0. The third-order valence-corrected chi connectivity index (χ3v) is 0.791. The van der Waals surface area contributed by atoms with Crippen molar-refractivity contribution >= 4 is 57.4 Å². The van der Waals surface area contributed by atoms with Crippen LogP contribution in [0.4, 0.5) is 0 Å². The van der Waals surface area contributed by atoms with Gasteiger partial charge in [-0.15, -0.1) is 0 Å². The van der Waals surface area contributed by atoms with E-state index in [9.17, 15) is 4.79 Å². The summed E-state index contributed by atoms with van der Waals surface area (Å²) < 4.78 is 4.53. The topological polar surface area (TPSA) is 46.5 Å². The molecule has 0 saturated carbocycles. The predicted octanol–water partition coefficient (Wildman–Crippen LogP) is 0.631. The Labute approximate surface area is 103 Å². The summed E-state index contributed by atoms with van der Waals surface area (Å²) in [5.41, 5.74) is 0.219. The second kappa shape index (κ2) is 7.75. The van der Waals surface area contributed by atoms with Crippen molar-refractivity contribution in [3.05, 3.63) is 11.8 Å². The van der Waals surface area contributed by atoms with Crippen LogP contribution >= 0.6 is 0 Å². The Morgan fingerprint density at radius 1 is 1.70 bits per heavy atom. The van der Waals surface area contributed by atoms with Crippen molar-refractivity contribution in [1.29, 1.82) is 0 Å². The van der Waals surface area contributed by atoms with Crippen LogP contribution in [-0.4, -0.2) is 69.1 Å². The zero-order valence-electron chi connectivity index (χ0n) is 6.55. The molecule has 1 N–H and O–H groups in total. The molecule has 0 rings (SSSR count). The van der Waals surface area contributed by atoms with Gasteiger partial charge in [-0.05, 0) is 13.8 Å². The summed E-state index contributed by atoms with van der Waals surface area (Å²) in [5, 5.41) is 8.27. The Bertz CT molecular complexity index is 131. The van der Waals surface area contributed by atoms with Crippen LogP contribution in [0.5, 0.6) is 0 Å². The number of hydrogen-bond donors (Lipinski definition) is 1. The number of carbonyl (C=O) groups excluding carboxylic acids is 1. The van der Waals surface area contributed by atoms with E-state index in [2.05, 4.69) is 4.74 Å². The van der Waals surface area contributed by atoms with E-state index in [1.165, 1.54) is 6.92 Å². The van der Waals surface area contributed by atoms with Crippen molar-refractivity contribution < 1.29 is 14.6 Å². The molecule has 0 amide bonds. The molecule has 0 aromatic heterocycles. The largest absolute Gasteiger partial charge is 0.515 e. The van der Waals surface area contributed by atoms with Crippen molar-refractivity contribution in [2.75, 3.05) is 6.61 Å². The number of esters is 1. The van der Waals surface area contributed by atoms with Crippen LogP contribution in [0.3, 0.4) is 0 Å². The van der Waals surface area contributed by atoms with Gasteiger partial charge in [-0.2, -0.15) is 0 Å². The van der Waals surface area contributed by atoms with Crippen LogP contribution in [0.1, 0.15) is 13.8 Å². The number of hydrogen-bond acceptors (Lipinski definition) is 3. The Morgan fingerprint density at radius 3 is 2.50 bits per heavy atom. The SMILES string of the molecule is CCOC(=O)C(C)=CO.[K]. The van der Waals surface area contributed by atoms with E-state index in [0.717, 1.165) is 6.26 Å². The maximum atomic E-state index is 10.5. The van der Waals surface area contributed by atoms with Crippen LogP contribution in [0.25, 0.3) is 0 Å². The minimum absolute atomic E-state index is 0. The third-order valence-electron chi connectivity index (χ3n) is 0.791. The van der Waals surface area contributed by atoms with Crippen molar-refractivity contribution in [3.63, 3.8) is 0 Å². The predicted molar refractivity (Wildman–Crippen MR) is 38.8 cm³/mol. The van der Waals surface area contributed by atoms with Crippen LogP contribution in [0.2, 0.25) is 0 Å². The van der Waals surface area contributed by atoms with Crippen LogP contribution in [0.15, 0.2) is 11.8 Å². The maximum absolute atomic E-state index is 10.5. The third kappa shape index (κ3) is 5.43. The van der Waals surface area contributed by atoms with Gasteiger partial charge in [-0.1, -0.05) is 0 Å². The number of ether oxygens (including phenoxy) is 1. The number of aliphatic hydroxyl groups is 1. The average molecular weight is 169 g/mol.